The second-order valence-corrected chi connectivity index (χ2v) is 3.87. The van der Waals surface area contributed by atoms with Crippen LogP contribution in [0.15, 0.2) is 4.99 Å². The average molecular weight is 244 g/mol. The normalized spacial score (nSPS) is 18.1. The Balaban J connectivity index is 2.06. The maximum Gasteiger partial charge on any atom is 0.191 e. The molecule has 0 aromatic rings. The van der Waals surface area contributed by atoms with Gasteiger partial charge >= 0.3 is 0 Å². The number of nitrogens with one attached hydrogen (secondary N) is 2. The first-order valence-corrected chi connectivity index (χ1v) is 6.10. The summed E-state index contributed by atoms with van der Waals surface area (Å²) in [5.74, 6) is 0.829. The maximum atomic E-state index is 5.30. The molecule has 0 radical (unpaired) electrons. The van der Waals surface area contributed by atoms with Crippen LogP contribution in [0.2, 0.25) is 0 Å². The van der Waals surface area contributed by atoms with E-state index in [2.05, 4.69) is 20.5 Å². The minimum Gasteiger partial charge on any atom is -0.383 e. The summed E-state index contributed by atoms with van der Waals surface area (Å²) in [7, 11) is 3.47. The molecule has 0 aromatic carbocycles. The van der Waals surface area contributed by atoms with Gasteiger partial charge in [-0.25, -0.2) is 0 Å². The second kappa shape index (κ2) is 9.21. The van der Waals surface area contributed by atoms with Gasteiger partial charge in [-0.1, -0.05) is 0 Å². The molecule has 17 heavy (non-hydrogen) atoms. The van der Waals surface area contributed by atoms with Crippen LogP contribution in [-0.2, 0) is 9.47 Å². The maximum absolute atomic E-state index is 5.30. The molecule has 1 fully saturated rings. The van der Waals surface area contributed by atoms with E-state index in [0.717, 1.165) is 51.9 Å². The Bertz CT molecular complexity index is 218. The Hall–Kier alpha value is -0.850. The molecular formula is C11H24N4O2. The van der Waals surface area contributed by atoms with Gasteiger partial charge in [0.15, 0.2) is 5.96 Å². The van der Waals surface area contributed by atoms with Gasteiger partial charge in [0, 0.05) is 46.9 Å². The zero-order chi connectivity index (χ0) is 12.3. The molecule has 0 bridgehead atoms. The van der Waals surface area contributed by atoms with Crippen molar-refractivity contribution < 1.29 is 9.47 Å². The van der Waals surface area contributed by atoms with E-state index in [1.165, 1.54) is 0 Å². The van der Waals surface area contributed by atoms with Crippen LogP contribution in [0, 0.1) is 0 Å². The Morgan fingerprint density at radius 1 is 1.29 bits per heavy atom. The predicted molar refractivity (Wildman–Crippen MR) is 68.5 cm³/mol. The quantitative estimate of drug-likeness (QED) is 0.361. The molecule has 0 amide bonds. The Morgan fingerprint density at radius 3 is 2.65 bits per heavy atom. The highest BCUT2D eigenvalue weighted by molar-refractivity contribution is 5.79. The van der Waals surface area contributed by atoms with E-state index in [0.29, 0.717) is 6.61 Å². The number of nitrogens with zero attached hydrogens (tertiary/aromatic N) is 2. The fourth-order valence-electron chi connectivity index (χ4n) is 1.65. The molecule has 6 heteroatoms. The van der Waals surface area contributed by atoms with Crippen LogP contribution in [0.5, 0.6) is 0 Å². The summed E-state index contributed by atoms with van der Waals surface area (Å²) in [5, 5.41) is 6.46. The number of hydrogen-bond donors (Lipinski definition) is 2. The predicted octanol–water partition coefficient (Wildman–Crippen LogP) is -0.870. The average Bonchev–Trinajstić information content (AvgIpc) is 2.38. The lowest BCUT2D eigenvalue weighted by Crippen LogP contribution is -2.44. The van der Waals surface area contributed by atoms with Crippen LogP contribution >= 0.6 is 0 Å². The van der Waals surface area contributed by atoms with Crippen LogP contribution in [0.1, 0.15) is 0 Å². The largest absolute Gasteiger partial charge is 0.383 e. The number of methoxy groups -OCH3 is 1. The summed E-state index contributed by atoms with van der Waals surface area (Å²) in [6.45, 7) is 7.12. The van der Waals surface area contributed by atoms with Crippen molar-refractivity contribution in [2.75, 3.05) is 66.7 Å². The van der Waals surface area contributed by atoms with Gasteiger partial charge < -0.3 is 20.1 Å². The Kier molecular flexibility index (Phi) is 7.70. The summed E-state index contributed by atoms with van der Waals surface area (Å²) >= 11 is 0. The molecule has 100 valence electrons. The first-order chi connectivity index (χ1) is 8.36. The molecule has 0 aliphatic carbocycles. The lowest BCUT2D eigenvalue weighted by Gasteiger charge is -2.26. The number of rotatable bonds is 6. The van der Waals surface area contributed by atoms with Gasteiger partial charge in [-0.05, 0) is 0 Å². The van der Waals surface area contributed by atoms with Crippen LogP contribution in [0.4, 0.5) is 0 Å². The minimum atomic E-state index is 0.685. The Labute approximate surface area is 103 Å². The van der Waals surface area contributed by atoms with Crippen molar-refractivity contribution in [1.82, 2.24) is 15.5 Å². The van der Waals surface area contributed by atoms with Crippen molar-refractivity contribution in [2.45, 2.75) is 0 Å². The molecule has 0 spiro atoms. The Morgan fingerprint density at radius 2 is 2.00 bits per heavy atom. The SMILES string of the molecule is CN=C(NCCOC)NCCN1CCOCC1. The van der Waals surface area contributed by atoms with Crippen LogP contribution < -0.4 is 10.6 Å². The summed E-state index contributed by atoms with van der Waals surface area (Å²) in [6.07, 6.45) is 0. The molecular weight excluding hydrogens is 220 g/mol. The molecule has 0 saturated carbocycles. The summed E-state index contributed by atoms with van der Waals surface area (Å²) < 4.78 is 10.3. The lowest BCUT2D eigenvalue weighted by atomic mass is 10.4. The fraction of sp³-hybridized carbons (Fsp3) is 0.909. The van der Waals surface area contributed by atoms with Crippen molar-refractivity contribution in [2.24, 2.45) is 4.99 Å². The summed E-state index contributed by atoms with van der Waals surface area (Å²) in [5.41, 5.74) is 0. The molecule has 0 atom stereocenters. The number of aliphatic imine (C=N–C) groups is 1. The first-order valence-electron chi connectivity index (χ1n) is 6.10. The third kappa shape index (κ3) is 6.45. The van der Waals surface area contributed by atoms with Crippen molar-refractivity contribution in [3.63, 3.8) is 0 Å². The van der Waals surface area contributed by atoms with Gasteiger partial charge in [0.1, 0.15) is 0 Å². The van der Waals surface area contributed by atoms with Gasteiger partial charge in [-0.15, -0.1) is 0 Å². The van der Waals surface area contributed by atoms with Gasteiger partial charge in [0.2, 0.25) is 0 Å². The fourth-order valence-corrected chi connectivity index (χ4v) is 1.65. The number of ether oxygens (including phenoxy) is 2. The van der Waals surface area contributed by atoms with E-state index in [9.17, 15) is 0 Å². The van der Waals surface area contributed by atoms with Crippen molar-refractivity contribution in [1.29, 1.82) is 0 Å². The topological polar surface area (TPSA) is 58.1 Å². The van der Waals surface area contributed by atoms with Crippen molar-refractivity contribution >= 4 is 5.96 Å². The highest BCUT2D eigenvalue weighted by Gasteiger charge is 2.09. The van der Waals surface area contributed by atoms with Gasteiger partial charge in [-0.3, -0.25) is 9.89 Å². The van der Waals surface area contributed by atoms with Gasteiger partial charge in [0.25, 0.3) is 0 Å². The van der Waals surface area contributed by atoms with Crippen LogP contribution in [0.3, 0.4) is 0 Å². The van der Waals surface area contributed by atoms with Gasteiger partial charge in [-0.2, -0.15) is 0 Å². The number of hydrogen-bond acceptors (Lipinski definition) is 4. The summed E-state index contributed by atoms with van der Waals surface area (Å²) in [4.78, 5) is 6.53. The highest BCUT2D eigenvalue weighted by atomic mass is 16.5. The standard InChI is InChI=1S/C11H24N4O2/c1-12-11(14-4-8-16-2)13-3-5-15-6-9-17-10-7-15/h3-10H2,1-2H3,(H2,12,13,14). The zero-order valence-electron chi connectivity index (χ0n) is 10.9. The summed E-state index contributed by atoms with van der Waals surface area (Å²) in [6, 6.07) is 0. The van der Waals surface area contributed by atoms with Crippen LogP contribution in [0.25, 0.3) is 0 Å². The van der Waals surface area contributed by atoms with Crippen LogP contribution in [-0.4, -0.2) is 77.6 Å². The lowest BCUT2D eigenvalue weighted by molar-refractivity contribution is 0.0389. The van der Waals surface area contributed by atoms with E-state index in [1.807, 2.05) is 0 Å². The number of morpholine rings is 1. The molecule has 2 N–H and O–H groups in total. The zero-order valence-corrected chi connectivity index (χ0v) is 10.9. The molecule has 1 rings (SSSR count). The molecule has 1 heterocycles. The molecule has 1 saturated heterocycles. The molecule has 1 aliphatic heterocycles. The molecule has 0 aromatic heterocycles. The van der Waals surface area contributed by atoms with E-state index in [-0.39, 0.29) is 0 Å². The third-order valence-corrected chi connectivity index (χ3v) is 2.65. The van der Waals surface area contributed by atoms with E-state index in [1.54, 1.807) is 14.2 Å². The van der Waals surface area contributed by atoms with E-state index in [4.69, 9.17) is 9.47 Å². The second-order valence-electron chi connectivity index (χ2n) is 3.87. The molecule has 0 unspecified atom stereocenters. The third-order valence-electron chi connectivity index (χ3n) is 2.65. The highest BCUT2D eigenvalue weighted by Crippen LogP contribution is 1.94. The van der Waals surface area contributed by atoms with E-state index < -0.39 is 0 Å². The number of guanidine groups is 1. The monoisotopic (exact) mass is 244 g/mol. The van der Waals surface area contributed by atoms with E-state index >= 15 is 0 Å². The van der Waals surface area contributed by atoms with Gasteiger partial charge in [0.05, 0.1) is 19.8 Å². The molecule has 1 aliphatic rings. The minimum absolute atomic E-state index is 0.685. The molecule has 6 nitrogen and oxygen atoms in total. The van der Waals surface area contributed by atoms with Crippen molar-refractivity contribution in [3.05, 3.63) is 0 Å². The first kappa shape index (κ1) is 14.2. The van der Waals surface area contributed by atoms with Crippen molar-refractivity contribution in [3.8, 4) is 0 Å². The smallest absolute Gasteiger partial charge is 0.191 e.